The molecule has 1 saturated heterocycles. The Morgan fingerprint density at radius 2 is 1.86 bits per heavy atom. The molecule has 0 bridgehead atoms. The molecule has 1 fully saturated rings. The van der Waals surface area contributed by atoms with Crippen molar-refractivity contribution in [2.45, 2.75) is 6.18 Å². The Bertz CT molecular complexity index is 525. The summed E-state index contributed by atoms with van der Waals surface area (Å²) in [5, 5.41) is 1.90. The van der Waals surface area contributed by atoms with Gasteiger partial charge in [-0.1, -0.05) is 12.2 Å². The van der Waals surface area contributed by atoms with Crippen molar-refractivity contribution in [1.29, 1.82) is 0 Å². The number of piperazine rings is 1. The summed E-state index contributed by atoms with van der Waals surface area (Å²) in [6, 6.07) is 3.92. The zero-order chi connectivity index (χ0) is 15.6. The molecule has 0 unspecified atom stereocenters. The number of hydrogen-bond acceptors (Lipinski definition) is 4. The second-order valence-corrected chi connectivity index (χ2v) is 5.46. The first-order chi connectivity index (χ1) is 9.77. The highest BCUT2D eigenvalue weighted by Crippen LogP contribution is 2.34. The molecule has 0 spiro atoms. The highest BCUT2D eigenvalue weighted by Gasteiger charge is 2.34. The van der Waals surface area contributed by atoms with Gasteiger partial charge in [-0.3, -0.25) is 0 Å². The molecule has 0 amide bonds. The fourth-order valence-corrected chi connectivity index (χ4v) is 2.34. The lowest BCUT2D eigenvalue weighted by Crippen LogP contribution is -2.46. The third-order valence-electron chi connectivity index (χ3n) is 3.38. The molecule has 1 aliphatic heterocycles. The molecule has 4 nitrogen and oxygen atoms in total. The van der Waals surface area contributed by atoms with Crippen molar-refractivity contribution in [3.8, 4) is 0 Å². The average molecular weight is 318 g/mol. The van der Waals surface area contributed by atoms with Gasteiger partial charge in [0.15, 0.2) is 0 Å². The summed E-state index contributed by atoms with van der Waals surface area (Å²) in [4.78, 5) is 1.91. The van der Waals surface area contributed by atoms with Gasteiger partial charge in [0.1, 0.15) is 4.99 Å². The monoisotopic (exact) mass is 318 g/mol. The first kappa shape index (κ1) is 16.0. The van der Waals surface area contributed by atoms with Crippen LogP contribution in [-0.4, -0.2) is 48.1 Å². The normalized spacial score (nSPS) is 17.7. The molecule has 1 heterocycles. The number of nitrogens with two attached hydrogens (primary N) is 1. The molecule has 3 N–H and O–H groups in total. The minimum atomic E-state index is -4.49. The number of benzene rings is 1. The van der Waals surface area contributed by atoms with Crippen molar-refractivity contribution in [3.63, 3.8) is 0 Å². The highest BCUT2D eigenvalue weighted by molar-refractivity contribution is 7.80. The van der Waals surface area contributed by atoms with Gasteiger partial charge in [0, 0.05) is 37.4 Å². The van der Waals surface area contributed by atoms with Crippen molar-refractivity contribution < 1.29 is 13.2 Å². The topological polar surface area (TPSA) is 44.5 Å². The molecular weight excluding hydrogens is 301 g/mol. The van der Waals surface area contributed by atoms with Crippen LogP contribution in [0.15, 0.2) is 18.2 Å². The van der Waals surface area contributed by atoms with Gasteiger partial charge in [0.25, 0.3) is 0 Å². The van der Waals surface area contributed by atoms with Gasteiger partial charge in [-0.05, 0) is 25.2 Å². The maximum Gasteiger partial charge on any atom is 0.417 e. The lowest BCUT2D eigenvalue weighted by Gasteiger charge is -2.33. The molecule has 1 aromatic rings. The number of nitrogens with zero attached hydrogens (tertiary/aromatic N) is 2. The molecule has 1 aliphatic rings. The largest absolute Gasteiger partial charge is 0.417 e. The number of rotatable bonds is 3. The third-order valence-corrected chi connectivity index (χ3v) is 3.60. The number of alkyl halides is 3. The number of likely N-dealkylation sites (N-methyl/N-ethyl adjacent to an activating group) is 1. The summed E-state index contributed by atoms with van der Waals surface area (Å²) < 4.78 is 39.2. The van der Waals surface area contributed by atoms with E-state index in [9.17, 15) is 13.2 Å². The van der Waals surface area contributed by atoms with Gasteiger partial charge >= 0.3 is 6.18 Å². The second-order valence-electron chi connectivity index (χ2n) is 5.02. The van der Waals surface area contributed by atoms with E-state index in [0.29, 0.717) is 5.69 Å². The van der Waals surface area contributed by atoms with Crippen molar-refractivity contribution in [2.75, 3.05) is 38.7 Å². The predicted octanol–water partition coefficient (Wildman–Crippen LogP) is 1.91. The van der Waals surface area contributed by atoms with Crippen molar-refractivity contribution in [2.24, 2.45) is 5.73 Å². The molecule has 1 aromatic carbocycles. The van der Waals surface area contributed by atoms with E-state index in [1.165, 1.54) is 6.07 Å². The Balaban J connectivity index is 2.20. The van der Waals surface area contributed by atoms with Crippen LogP contribution in [0.1, 0.15) is 11.1 Å². The van der Waals surface area contributed by atoms with Crippen LogP contribution in [0, 0.1) is 0 Å². The summed E-state index contributed by atoms with van der Waals surface area (Å²) in [5.74, 6) is 0. The summed E-state index contributed by atoms with van der Waals surface area (Å²) in [7, 11) is 2.01. The quantitative estimate of drug-likeness (QED) is 0.834. The van der Waals surface area contributed by atoms with E-state index in [1.54, 1.807) is 6.07 Å². The molecule has 21 heavy (non-hydrogen) atoms. The first-order valence-corrected chi connectivity index (χ1v) is 6.89. The number of anilines is 1. The zero-order valence-electron chi connectivity index (χ0n) is 11.6. The minimum Gasteiger partial charge on any atom is -0.389 e. The van der Waals surface area contributed by atoms with Crippen molar-refractivity contribution in [3.05, 3.63) is 29.3 Å². The van der Waals surface area contributed by atoms with Crippen LogP contribution in [0.3, 0.4) is 0 Å². The van der Waals surface area contributed by atoms with Crippen LogP contribution >= 0.6 is 12.2 Å². The van der Waals surface area contributed by atoms with E-state index >= 15 is 0 Å². The Labute approximate surface area is 126 Å². The highest BCUT2D eigenvalue weighted by atomic mass is 32.1. The van der Waals surface area contributed by atoms with Gasteiger partial charge in [-0.15, -0.1) is 0 Å². The number of nitrogens with one attached hydrogen (secondary N) is 1. The Hall–Kier alpha value is -1.38. The SMILES string of the molecule is CN1CCN(Nc2ccc(C(N)=S)c(C(F)(F)F)c2)CC1. The lowest BCUT2D eigenvalue weighted by molar-refractivity contribution is -0.137. The molecule has 0 aliphatic carbocycles. The molecular formula is C13H17F3N4S. The second kappa shape index (κ2) is 6.17. The Morgan fingerprint density at radius 1 is 1.24 bits per heavy atom. The third kappa shape index (κ3) is 4.05. The summed E-state index contributed by atoms with van der Waals surface area (Å²) in [6.45, 7) is 3.22. The van der Waals surface area contributed by atoms with Gasteiger partial charge in [-0.2, -0.15) is 13.2 Å². The van der Waals surface area contributed by atoms with Crippen LogP contribution in [0.5, 0.6) is 0 Å². The van der Waals surface area contributed by atoms with Crippen molar-refractivity contribution >= 4 is 22.9 Å². The van der Waals surface area contributed by atoms with Crippen molar-refractivity contribution in [1.82, 2.24) is 9.91 Å². The standard InChI is InChI=1S/C13H17F3N4S/c1-19-4-6-20(7-5-19)18-9-2-3-10(12(17)21)11(8-9)13(14,15)16/h2-3,8,18H,4-7H2,1H3,(H2,17,21). The number of halogens is 3. The summed E-state index contributed by atoms with van der Waals surface area (Å²) >= 11 is 4.68. The van der Waals surface area contributed by atoms with Gasteiger partial charge < -0.3 is 16.1 Å². The van der Waals surface area contributed by atoms with E-state index in [2.05, 4.69) is 22.5 Å². The van der Waals surface area contributed by atoms with Crippen LogP contribution in [0.4, 0.5) is 18.9 Å². The number of hydrogen-bond donors (Lipinski definition) is 2. The van der Waals surface area contributed by atoms with Gasteiger partial charge in [0.05, 0.1) is 5.56 Å². The van der Waals surface area contributed by atoms with Crippen LogP contribution < -0.4 is 11.2 Å². The number of thiocarbonyl (C=S) groups is 1. The smallest absolute Gasteiger partial charge is 0.389 e. The Morgan fingerprint density at radius 3 is 2.38 bits per heavy atom. The fraction of sp³-hybridized carbons (Fsp3) is 0.462. The lowest BCUT2D eigenvalue weighted by atomic mass is 10.1. The van der Waals surface area contributed by atoms with Gasteiger partial charge in [0.2, 0.25) is 0 Å². The predicted molar refractivity (Wildman–Crippen MR) is 80.0 cm³/mol. The minimum absolute atomic E-state index is 0.151. The molecule has 0 radical (unpaired) electrons. The van der Waals surface area contributed by atoms with Crippen LogP contribution in [-0.2, 0) is 6.18 Å². The maximum absolute atomic E-state index is 13.1. The van der Waals surface area contributed by atoms with Crippen LogP contribution in [0.25, 0.3) is 0 Å². The Kier molecular flexibility index (Phi) is 4.70. The first-order valence-electron chi connectivity index (χ1n) is 6.48. The maximum atomic E-state index is 13.1. The number of hydrazine groups is 1. The van der Waals surface area contributed by atoms with E-state index in [1.807, 2.05) is 12.1 Å². The summed E-state index contributed by atoms with van der Waals surface area (Å²) in [5.41, 5.74) is 7.78. The van der Waals surface area contributed by atoms with Gasteiger partial charge in [-0.25, -0.2) is 5.01 Å². The fourth-order valence-electron chi connectivity index (χ4n) is 2.16. The summed E-state index contributed by atoms with van der Waals surface area (Å²) in [6.07, 6.45) is -4.49. The molecule has 116 valence electrons. The molecule has 2 rings (SSSR count). The zero-order valence-corrected chi connectivity index (χ0v) is 12.4. The molecule has 0 saturated carbocycles. The van der Waals surface area contributed by atoms with Crippen LogP contribution in [0.2, 0.25) is 0 Å². The molecule has 0 aromatic heterocycles. The molecule has 0 atom stereocenters. The van der Waals surface area contributed by atoms with E-state index in [-0.39, 0.29) is 10.6 Å². The molecule has 8 heteroatoms. The van der Waals surface area contributed by atoms with E-state index < -0.39 is 11.7 Å². The van der Waals surface area contributed by atoms with E-state index in [0.717, 1.165) is 32.2 Å². The van der Waals surface area contributed by atoms with E-state index in [4.69, 9.17) is 5.73 Å². The average Bonchev–Trinajstić information content (AvgIpc) is 2.40.